The summed E-state index contributed by atoms with van der Waals surface area (Å²) in [6.07, 6.45) is 1.49. The Morgan fingerprint density at radius 3 is 2.50 bits per heavy atom. The van der Waals surface area contributed by atoms with Crippen molar-refractivity contribution in [2.24, 2.45) is 0 Å². The molecular formula is C24H24N2O8S2. The molecule has 0 aliphatic carbocycles. The van der Waals surface area contributed by atoms with Gasteiger partial charge in [0.2, 0.25) is 5.91 Å². The fourth-order valence-corrected chi connectivity index (χ4v) is 5.34. The number of carbonyl (C=O) groups excluding carboxylic acids is 3. The Bertz CT molecular complexity index is 1290. The summed E-state index contributed by atoms with van der Waals surface area (Å²) in [5.41, 5.74) is 0.493. The lowest BCUT2D eigenvalue weighted by molar-refractivity contribution is -0.139. The lowest BCUT2D eigenvalue weighted by atomic mass is 10.2. The molecule has 10 nitrogen and oxygen atoms in total. The molecule has 2 aliphatic rings. The molecule has 0 spiro atoms. The van der Waals surface area contributed by atoms with Crippen LogP contribution in [0.25, 0.3) is 6.08 Å². The number of carbonyl (C=O) groups is 3. The van der Waals surface area contributed by atoms with E-state index in [0.29, 0.717) is 31.9 Å². The van der Waals surface area contributed by atoms with E-state index in [9.17, 15) is 22.8 Å². The number of imide groups is 1. The molecule has 12 heteroatoms. The maximum atomic E-state index is 12.8. The Morgan fingerprint density at radius 2 is 1.81 bits per heavy atom. The molecule has 0 unspecified atom stereocenters. The van der Waals surface area contributed by atoms with Crippen LogP contribution in [0.3, 0.4) is 0 Å². The number of thioether (sulfide) groups is 1. The zero-order chi connectivity index (χ0) is 25.7. The predicted octanol–water partition coefficient (Wildman–Crippen LogP) is 2.75. The molecule has 2 aliphatic heterocycles. The first-order valence-corrected chi connectivity index (χ1v) is 13.4. The summed E-state index contributed by atoms with van der Waals surface area (Å²) in [6, 6.07) is 12.2. The van der Waals surface area contributed by atoms with Crippen molar-refractivity contribution in [1.29, 1.82) is 0 Å². The van der Waals surface area contributed by atoms with Crippen LogP contribution < -0.4 is 8.92 Å². The van der Waals surface area contributed by atoms with Gasteiger partial charge in [-0.05, 0) is 54.6 Å². The summed E-state index contributed by atoms with van der Waals surface area (Å²) in [6.45, 7) is 3.31. The van der Waals surface area contributed by atoms with Crippen LogP contribution in [0, 0.1) is 0 Å². The SMILES string of the molecule is CCOc1cc(/C=C2\SC(=O)N(CC(=O)N3CCOCC3)C2=O)ccc1OS(=O)(=O)c1ccccc1. The zero-order valence-corrected chi connectivity index (χ0v) is 21.0. The fourth-order valence-electron chi connectivity index (χ4n) is 3.54. The van der Waals surface area contributed by atoms with E-state index in [1.807, 2.05) is 0 Å². The third-order valence-corrected chi connectivity index (χ3v) is 7.48. The molecule has 2 saturated heterocycles. The number of rotatable bonds is 8. The lowest BCUT2D eigenvalue weighted by Crippen LogP contribution is -2.46. The van der Waals surface area contributed by atoms with Crippen molar-refractivity contribution >= 4 is 45.0 Å². The van der Waals surface area contributed by atoms with Crippen molar-refractivity contribution in [2.45, 2.75) is 11.8 Å². The van der Waals surface area contributed by atoms with E-state index in [0.717, 1.165) is 16.7 Å². The topological polar surface area (TPSA) is 120 Å². The minimum absolute atomic E-state index is 0.00294. The van der Waals surface area contributed by atoms with Gasteiger partial charge in [-0.3, -0.25) is 19.3 Å². The van der Waals surface area contributed by atoms with Gasteiger partial charge in [0.25, 0.3) is 11.1 Å². The second-order valence-corrected chi connectivity index (χ2v) is 10.3. The molecule has 36 heavy (non-hydrogen) atoms. The Balaban J connectivity index is 1.52. The molecule has 0 aromatic heterocycles. The van der Waals surface area contributed by atoms with Crippen molar-refractivity contribution in [3.05, 3.63) is 59.0 Å². The van der Waals surface area contributed by atoms with Gasteiger partial charge in [-0.15, -0.1) is 0 Å². The van der Waals surface area contributed by atoms with E-state index in [-0.39, 0.29) is 40.4 Å². The minimum atomic E-state index is -4.08. The summed E-state index contributed by atoms with van der Waals surface area (Å²) in [4.78, 5) is 40.4. The van der Waals surface area contributed by atoms with Crippen LogP contribution in [0.4, 0.5) is 4.79 Å². The largest absolute Gasteiger partial charge is 0.490 e. The highest BCUT2D eigenvalue weighted by Gasteiger charge is 2.37. The second-order valence-electron chi connectivity index (χ2n) is 7.75. The molecule has 3 amide bonds. The smallest absolute Gasteiger partial charge is 0.339 e. The Kier molecular flexibility index (Phi) is 7.97. The summed E-state index contributed by atoms with van der Waals surface area (Å²) < 4.78 is 41.3. The molecule has 0 N–H and O–H groups in total. The highest BCUT2D eigenvalue weighted by molar-refractivity contribution is 8.18. The van der Waals surface area contributed by atoms with E-state index < -0.39 is 21.3 Å². The van der Waals surface area contributed by atoms with Crippen LogP contribution in [0.2, 0.25) is 0 Å². The molecule has 0 bridgehead atoms. The van der Waals surface area contributed by atoms with Gasteiger partial charge in [-0.25, -0.2) is 0 Å². The normalized spacial score (nSPS) is 17.5. The van der Waals surface area contributed by atoms with Crippen LogP contribution in [-0.4, -0.2) is 74.7 Å². The quantitative estimate of drug-likeness (QED) is 0.373. The van der Waals surface area contributed by atoms with Crippen molar-refractivity contribution in [2.75, 3.05) is 39.5 Å². The van der Waals surface area contributed by atoms with Gasteiger partial charge >= 0.3 is 10.1 Å². The first-order valence-electron chi connectivity index (χ1n) is 11.2. The van der Waals surface area contributed by atoms with E-state index in [1.54, 1.807) is 36.1 Å². The van der Waals surface area contributed by atoms with Crippen LogP contribution in [0.1, 0.15) is 12.5 Å². The standard InChI is InChI=1S/C24H24N2O8S2/c1-2-33-20-14-17(8-9-19(20)34-36(30,31)18-6-4-3-5-7-18)15-21-23(28)26(24(29)35-21)16-22(27)25-10-12-32-13-11-25/h3-9,14-15H,2,10-13,16H2,1H3/b21-15-. The third-order valence-electron chi connectivity index (χ3n) is 5.33. The Morgan fingerprint density at radius 1 is 1.08 bits per heavy atom. The second kappa shape index (κ2) is 11.1. The number of amides is 3. The van der Waals surface area contributed by atoms with Gasteiger partial charge in [-0.1, -0.05) is 24.3 Å². The third kappa shape index (κ3) is 5.89. The average molecular weight is 533 g/mol. The zero-order valence-electron chi connectivity index (χ0n) is 19.4. The van der Waals surface area contributed by atoms with E-state index in [4.69, 9.17) is 13.7 Å². The molecule has 2 aromatic rings. The summed E-state index contributed by atoms with van der Waals surface area (Å²) >= 11 is 0.731. The van der Waals surface area contributed by atoms with Crippen LogP contribution in [0.15, 0.2) is 58.3 Å². The maximum absolute atomic E-state index is 12.8. The first-order chi connectivity index (χ1) is 17.3. The van der Waals surface area contributed by atoms with Crippen LogP contribution >= 0.6 is 11.8 Å². The van der Waals surface area contributed by atoms with Crippen molar-refractivity contribution < 1.29 is 36.5 Å². The average Bonchev–Trinajstić information content (AvgIpc) is 3.14. The van der Waals surface area contributed by atoms with E-state index in [2.05, 4.69) is 0 Å². The summed E-state index contributed by atoms with van der Waals surface area (Å²) in [5.74, 6) is -0.743. The molecule has 190 valence electrons. The van der Waals surface area contributed by atoms with Gasteiger partial charge in [0.05, 0.1) is 24.7 Å². The number of nitrogens with zero attached hydrogens (tertiary/aromatic N) is 2. The van der Waals surface area contributed by atoms with Crippen molar-refractivity contribution in [1.82, 2.24) is 9.80 Å². The molecule has 4 rings (SSSR count). The number of morpholine rings is 1. The van der Waals surface area contributed by atoms with E-state index in [1.165, 1.54) is 30.3 Å². The first kappa shape index (κ1) is 25.7. The fraction of sp³-hybridized carbons (Fsp3) is 0.292. The Labute approximate surface area is 212 Å². The lowest BCUT2D eigenvalue weighted by Gasteiger charge is -2.28. The number of ether oxygens (including phenoxy) is 2. The molecule has 0 atom stereocenters. The molecule has 2 aromatic carbocycles. The maximum Gasteiger partial charge on any atom is 0.339 e. The van der Waals surface area contributed by atoms with Crippen LogP contribution in [-0.2, 0) is 24.4 Å². The number of hydrogen-bond donors (Lipinski definition) is 0. The molecule has 0 radical (unpaired) electrons. The monoisotopic (exact) mass is 532 g/mol. The number of benzene rings is 2. The number of hydrogen-bond acceptors (Lipinski definition) is 9. The van der Waals surface area contributed by atoms with Gasteiger partial charge in [0.15, 0.2) is 11.5 Å². The van der Waals surface area contributed by atoms with Crippen LogP contribution in [0.5, 0.6) is 11.5 Å². The highest BCUT2D eigenvalue weighted by Crippen LogP contribution is 2.35. The van der Waals surface area contributed by atoms with Gasteiger partial charge in [-0.2, -0.15) is 8.42 Å². The van der Waals surface area contributed by atoms with Gasteiger partial charge in [0.1, 0.15) is 11.4 Å². The van der Waals surface area contributed by atoms with E-state index >= 15 is 0 Å². The predicted molar refractivity (Wildman–Crippen MR) is 132 cm³/mol. The van der Waals surface area contributed by atoms with Gasteiger partial charge in [0, 0.05) is 13.1 Å². The van der Waals surface area contributed by atoms with Crippen molar-refractivity contribution in [3.8, 4) is 11.5 Å². The molecule has 2 fully saturated rings. The van der Waals surface area contributed by atoms with Gasteiger partial charge < -0.3 is 18.6 Å². The summed E-state index contributed by atoms with van der Waals surface area (Å²) in [7, 11) is -4.08. The molecular weight excluding hydrogens is 508 g/mol. The van der Waals surface area contributed by atoms with Crippen molar-refractivity contribution in [3.63, 3.8) is 0 Å². The summed E-state index contributed by atoms with van der Waals surface area (Å²) in [5, 5.41) is -0.535. The minimum Gasteiger partial charge on any atom is -0.490 e. The Hall–Kier alpha value is -3.35. The molecule has 0 saturated carbocycles. The highest BCUT2D eigenvalue weighted by atomic mass is 32.2. The molecule has 2 heterocycles.